The molecule has 3 aromatic carbocycles. The standard InChI is InChI=1S/C88H132N28O23S/c1-140-38-32-55(77(94)129)109-80(132)56(19-8-10-33-89)106-76(128)50-105-79(131)62(39-51-15-4-2-5-16-51)113-83(135)63(40-52-17-6-3-7-18-52)114-82(134)57(28-30-66(92)118)110-81(133)58(29-31-67(93)119)111-84(136)64-22-13-37-116(64)87(139)60(20-9-11-34-90)112-85(137)65-23-14-36-115(65)86(138)59(21-12-35-97-88(95)96)107-75(127)49-103-73(125)47-101-71(123)45-99-69(121)43-98-70(122)44-100-72(124)46-102-74(126)48-104-78(130)61(108-68(120)42-91)41-53-24-26-54(117)27-25-53/h2-7,15-18,24-27,55-65,117H,8-14,19-23,28-50,89-91H2,1H3,(H2,92,118)(H2,93,119)(H2,94,129)(H,98,122)(H,99,121)(H,100,124)(H,101,123)(H,102,126)(H,103,125)(H,104,130)(H,105,131)(H,106,128)(H,107,127)(H,108,120)(H,109,132)(H,110,133)(H,111,136)(H,112,137)(H,113,135)(H,114,134)(H4,95,96,97)/t55-,56-,57-,58-,59-,60-,61-,62-,63-,64-,65-/m0/s1. The van der Waals surface area contributed by atoms with Crippen LogP contribution >= 0.6 is 11.8 Å². The Hall–Kier alpha value is -14.7. The SMILES string of the molecule is CSCC[C@H](NC(=O)[C@H](CCCCN)NC(=O)CNC(=O)[C@H](Cc1ccccc1)NC(=O)[C@H](Cc1ccccc1)NC(=O)[C@H](CCC(N)=O)NC(=O)[C@H](CCC(N)=O)NC(=O)[C@@H]1CCCN1C(=O)[C@H](CCCCN)NC(=O)[C@@H]1CCCN1C(=O)[C@H](CCCNC(=N)N)NC(=O)CNC(=O)CNC(=O)CNC(=O)CNC(=O)CNC(=O)CNC(=O)CNC(=O)[C@H](Cc1ccc(O)cc1)NC(=O)CN)C(N)=O. The molecule has 51 nitrogen and oxygen atoms in total. The topological polar surface area (TPSA) is 825 Å². The van der Waals surface area contributed by atoms with Gasteiger partial charge in [0.15, 0.2) is 5.96 Å². The predicted octanol–water partition coefficient (Wildman–Crippen LogP) is -11.1. The first-order valence-corrected chi connectivity index (χ1v) is 47.1. The molecule has 2 heterocycles. The van der Waals surface area contributed by atoms with Gasteiger partial charge in [-0.05, 0) is 150 Å². The minimum atomic E-state index is -1.73. The molecule has 34 N–H and O–H groups in total. The van der Waals surface area contributed by atoms with E-state index >= 15 is 0 Å². The Morgan fingerprint density at radius 2 is 0.686 bits per heavy atom. The Kier molecular flexibility index (Phi) is 52.0. The first-order chi connectivity index (χ1) is 66.8. The summed E-state index contributed by atoms with van der Waals surface area (Å²) in [6.07, 6.45) is 1.62. The van der Waals surface area contributed by atoms with Crippen LogP contribution in [0.15, 0.2) is 84.9 Å². The lowest BCUT2D eigenvalue weighted by Crippen LogP contribution is -2.60. The molecule has 2 fully saturated rings. The van der Waals surface area contributed by atoms with Crippen molar-refractivity contribution in [2.24, 2.45) is 40.1 Å². The zero-order chi connectivity index (χ0) is 103. The lowest BCUT2D eigenvalue weighted by atomic mass is 10.0. The maximum atomic E-state index is 15.0. The molecule has 2 saturated heterocycles. The van der Waals surface area contributed by atoms with E-state index in [4.69, 9.17) is 45.5 Å². The van der Waals surface area contributed by atoms with Crippen LogP contribution < -0.4 is 136 Å². The summed E-state index contributed by atoms with van der Waals surface area (Å²) in [5, 5.41) is 61.3. The summed E-state index contributed by atoms with van der Waals surface area (Å²) in [5.74, 6) is -18.9. The number of likely N-dealkylation sites (tertiary alicyclic amines) is 2. The molecule has 0 spiro atoms. The molecular weight excluding hydrogens is 1850 g/mol. The first-order valence-electron chi connectivity index (χ1n) is 45.7. The Morgan fingerprint density at radius 3 is 1.09 bits per heavy atom. The Bertz CT molecular complexity index is 4760. The third-order valence-corrected chi connectivity index (χ3v) is 22.6. The number of rotatable bonds is 64. The highest BCUT2D eigenvalue weighted by atomic mass is 32.2. The molecular formula is C88H132N28O23S. The van der Waals surface area contributed by atoms with Gasteiger partial charge in [0.05, 0.1) is 58.9 Å². The molecule has 0 radical (unpaired) electrons. The molecule has 768 valence electrons. The van der Waals surface area contributed by atoms with Gasteiger partial charge < -0.3 is 151 Å². The molecule has 22 amide bonds. The van der Waals surface area contributed by atoms with Crippen LogP contribution in [0.2, 0.25) is 0 Å². The number of nitrogens with zero attached hydrogens (tertiary/aromatic N) is 2. The number of unbranched alkanes of at least 4 members (excludes halogenated alkanes) is 2. The van der Waals surface area contributed by atoms with E-state index in [0.717, 1.165) is 0 Å². The molecule has 5 rings (SSSR count). The van der Waals surface area contributed by atoms with Crippen molar-refractivity contribution in [1.82, 2.24) is 106 Å². The number of phenols is 1. The second kappa shape index (κ2) is 62.9. The number of nitrogens with two attached hydrogens (primary N) is 7. The van der Waals surface area contributed by atoms with Crippen LogP contribution in [0.5, 0.6) is 5.75 Å². The number of carbonyl (C=O) groups excluding carboxylic acids is 22. The fourth-order valence-corrected chi connectivity index (χ4v) is 15.0. The fourth-order valence-electron chi connectivity index (χ4n) is 14.5. The number of primary amides is 3. The summed E-state index contributed by atoms with van der Waals surface area (Å²) in [6, 6.07) is 7.27. The highest BCUT2D eigenvalue weighted by Gasteiger charge is 2.44. The maximum Gasteiger partial charge on any atom is 0.245 e. The molecule has 140 heavy (non-hydrogen) atoms. The maximum absolute atomic E-state index is 15.0. The normalized spacial score (nSPS) is 14.9. The minimum absolute atomic E-state index is 0.00112. The van der Waals surface area contributed by atoms with Crippen LogP contribution in [0.3, 0.4) is 0 Å². The van der Waals surface area contributed by atoms with Crippen LogP contribution in [-0.4, -0.2) is 321 Å². The molecule has 0 aromatic heterocycles. The van der Waals surface area contributed by atoms with Gasteiger partial charge in [-0.2, -0.15) is 11.8 Å². The van der Waals surface area contributed by atoms with Crippen LogP contribution in [-0.2, 0) is 125 Å². The summed E-state index contributed by atoms with van der Waals surface area (Å²) in [4.78, 5) is 298. The summed E-state index contributed by atoms with van der Waals surface area (Å²) in [7, 11) is 0. The molecule has 2 aliphatic rings. The summed E-state index contributed by atoms with van der Waals surface area (Å²) in [6.45, 7) is -5.49. The molecule has 3 aromatic rings. The smallest absolute Gasteiger partial charge is 0.245 e. The van der Waals surface area contributed by atoms with Crippen LogP contribution in [0.4, 0.5) is 0 Å². The average Bonchev–Trinajstić information content (AvgIpc) is 1.66. The molecule has 0 bridgehead atoms. The first kappa shape index (κ1) is 116. The van der Waals surface area contributed by atoms with Crippen LogP contribution in [0.25, 0.3) is 0 Å². The monoisotopic (exact) mass is 1980 g/mol. The van der Waals surface area contributed by atoms with Crippen molar-refractivity contribution in [1.29, 1.82) is 5.41 Å². The Balaban J connectivity index is 1.20. The van der Waals surface area contributed by atoms with Gasteiger partial charge >= 0.3 is 0 Å². The number of hydrogen-bond acceptors (Lipinski definition) is 28. The van der Waals surface area contributed by atoms with Crippen molar-refractivity contribution < 1.29 is 111 Å². The Labute approximate surface area is 811 Å². The number of guanidine groups is 1. The highest BCUT2D eigenvalue weighted by Crippen LogP contribution is 2.25. The highest BCUT2D eigenvalue weighted by molar-refractivity contribution is 7.98. The van der Waals surface area contributed by atoms with E-state index in [1.165, 1.54) is 45.8 Å². The Morgan fingerprint density at radius 1 is 0.357 bits per heavy atom. The lowest BCUT2D eigenvalue weighted by molar-refractivity contribution is -0.144. The largest absolute Gasteiger partial charge is 0.508 e. The number of thioether (sulfide) groups is 1. The molecule has 0 aliphatic carbocycles. The quantitative estimate of drug-likeness (QED) is 0.0142. The molecule has 0 unspecified atom stereocenters. The average molecular weight is 1980 g/mol. The van der Waals surface area contributed by atoms with Gasteiger partial charge in [-0.1, -0.05) is 72.8 Å². The number of benzene rings is 3. The molecule has 0 saturated carbocycles. The number of hydrogen-bond donors (Lipinski definition) is 27. The number of nitrogens with one attached hydrogen (secondary N) is 19. The van der Waals surface area contributed by atoms with Gasteiger partial charge in [0.1, 0.15) is 72.2 Å². The van der Waals surface area contributed by atoms with E-state index in [1.54, 1.807) is 66.9 Å². The predicted molar refractivity (Wildman–Crippen MR) is 506 cm³/mol. The zero-order valence-electron chi connectivity index (χ0n) is 78.0. The number of amides is 22. The summed E-state index contributed by atoms with van der Waals surface area (Å²) < 4.78 is 0. The van der Waals surface area contributed by atoms with Crippen molar-refractivity contribution in [3.8, 4) is 5.75 Å². The second-order valence-electron chi connectivity index (χ2n) is 32.9. The number of aromatic hydroxyl groups is 1. The summed E-state index contributed by atoms with van der Waals surface area (Å²) in [5.41, 5.74) is 40.8. The third-order valence-electron chi connectivity index (χ3n) is 21.9. The van der Waals surface area contributed by atoms with Gasteiger partial charge in [0, 0.05) is 51.7 Å². The van der Waals surface area contributed by atoms with E-state index in [2.05, 4.69) is 95.7 Å². The van der Waals surface area contributed by atoms with Crippen molar-refractivity contribution in [2.45, 2.75) is 195 Å². The minimum Gasteiger partial charge on any atom is -0.508 e. The summed E-state index contributed by atoms with van der Waals surface area (Å²) >= 11 is 1.42. The van der Waals surface area contributed by atoms with Crippen molar-refractivity contribution in [3.63, 3.8) is 0 Å². The second-order valence-corrected chi connectivity index (χ2v) is 33.9. The van der Waals surface area contributed by atoms with E-state index in [9.17, 15) is 111 Å². The number of carbonyl (C=O) groups is 22. The molecule has 2 aliphatic heterocycles. The van der Waals surface area contributed by atoms with Crippen molar-refractivity contribution >= 4 is 148 Å². The van der Waals surface area contributed by atoms with Gasteiger partial charge in [-0.3, -0.25) is 111 Å². The van der Waals surface area contributed by atoms with E-state index in [0.29, 0.717) is 41.7 Å². The zero-order valence-corrected chi connectivity index (χ0v) is 78.8. The van der Waals surface area contributed by atoms with E-state index in [-0.39, 0.29) is 122 Å². The number of phenolic OH excluding ortho intramolecular Hbond substituents is 1. The van der Waals surface area contributed by atoms with Crippen molar-refractivity contribution in [3.05, 3.63) is 102 Å². The van der Waals surface area contributed by atoms with Crippen molar-refractivity contribution in [2.75, 3.05) is 104 Å². The van der Waals surface area contributed by atoms with E-state index in [1.807, 2.05) is 0 Å². The molecule has 11 atom stereocenters. The fraction of sp³-hybridized carbons (Fsp3) is 0.534. The van der Waals surface area contributed by atoms with Gasteiger partial charge in [0.2, 0.25) is 130 Å². The molecule has 52 heteroatoms. The van der Waals surface area contributed by atoms with Crippen LogP contribution in [0, 0.1) is 5.41 Å². The van der Waals surface area contributed by atoms with Crippen LogP contribution in [0.1, 0.15) is 126 Å². The third kappa shape index (κ3) is 44.2. The van der Waals surface area contributed by atoms with E-state index < -0.39 is 287 Å². The van der Waals surface area contributed by atoms with Gasteiger partial charge in [0.25, 0.3) is 0 Å². The van der Waals surface area contributed by atoms with Gasteiger partial charge in [-0.25, -0.2) is 0 Å². The lowest BCUT2D eigenvalue weighted by Gasteiger charge is -2.32. The van der Waals surface area contributed by atoms with Gasteiger partial charge in [-0.15, -0.1) is 0 Å².